The number of hydrogen-bond donors (Lipinski definition) is 0. The normalized spacial score (nSPS) is 27.2. The van der Waals surface area contributed by atoms with Gasteiger partial charge in [-0.25, -0.2) is 0 Å². The van der Waals surface area contributed by atoms with Crippen molar-refractivity contribution in [3.8, 4) is 0 Å². The van der Waals surface area contributed by atoms with Crippen LogP contribution in [0.4, 0.5) is 0 Å². The van der Waals surface area contributed by atoms with Gasteiger partial charge in [-0.05, 0) is 12.5 Å². The van der Waals surface area contributed by atoms with Crippen molar-refractivity contribution >= 4 is 11.9 Å². The van der Waals surface area contributed by atoms with E-state index in [4.69, 9.17) is 9.47 Å². The first-order valence-corrected chi connectivity index (χ1v) is 5.28. The zero-order valence-electron chi connectivity index (χ0n) is 10.4. The van der Waals surface area contributed by atoms with E-state index in [1.54, 1.807) is 0 Å². The van der Waals surface area contributed by atoms with E-state index in [-0.39, 0.29) is 17.4 Å². The molecule has 0 amide bonds. The van der Waals surface area contributed by atoms with Crippen LogP contribution in [0.5, 0.6) is 0 Å². The Labute approximate surface area is 95.6 Å². The first kappa shape index (κ1) is 12.7. The number of carbonyl (C=O) groups excluding carboxylic acids is 2. The van der Waals surface area contributed by atoms with Crippen LogP contribution >= 0.6 is 0 Å². The summed E-state index contributed by atoms with van der Waals surface area (Å²) in [7, 11) is 0. The molecule has 0 aliphatic heterocycles. The van der Waals surface area contributed by atoms with Crippen LogP contribution < -0.4 is 0 Å². The summed E-state index contributed by atoms with van der Waals surface area (Å²) in [6, 6.07) is 0. The van der Waals surface area contributed by atoms with Gasteiger partial charge in [-0.15, -0.1) is 0 Å². The number of rotatable bonds is 2. The minimum absolute atomic E-state index is 0.310. The van der Waals surface area contributed by atoms with Crippen LogP contribution in [0.1, 0.15) is 34.6 Å². The average molecular weight is 226 g/mol. The van der Waals surface area contributed by atoms with E-state index in [2.05, 4.69) is 0 Å². The molecule has 2 atom stereocenters. The van der Waals surface area contributed by atoms with Gasteiger partial charge in [-0.3, -0.25) is 9.59 Å². The van der Waals surface area contributed by atoms with E-state index in [1.807, 2.05) is 26.8 Å². The second-order valence-electron chi connectivity index (χ2n) is 4.77. The van der Waals surface area contributed by atoms with Crippen molar-refractivity contribution in [1.29, 1.82) is 0 Å². The third kappa shape index (κ3) is 2.62. The van der Waals surface area contributed by atoms with Crippen LogP contribution in [-0.2, 0) is 19.1 Å². The minimum atomic E-state index is -0.462. The number of esters is 2. The van der Waals surface area contributed by atoms with Crippen molar-refractivity contribution < 1.29 is 19.1 Å². The lowest BCUT2D eigenvalue weighted by molar-refractivity contribution is -0.166. The minimum Gasteiger partial charge on any atom is -0.457 e. The van der Waals surface area contributed by atoms with Crippen LogP contribution in [0.2, 0.25) is 0 Å². The van der Waals surface area contributed by atoms with Crippen molar-refractivity contribution in [2.24, 2.45) is 5.41 Å². The summed E-state index contributed by atoms with van der Waals surface area (Å²) in [6.45, 7) is 8.48. The number of hydrogen-bond acceptors (Lipinski definition) is 4. The van der Waals surface area contributed by atoms with E-state index < -0.39 is 12.2 Å². The Morgan fingerprint density at radius 1 is 1.19 bits per heavy atom. The summed E-state index contributed by atoms with van der Waals surface area (Å²) in [6.07, 6.45) is 1.08. The second kappa shape index (κ2) is 4.28. The molecule has 1 aliphatic rings. The molecular formula is C12H18O4. The molecule has 0 unspecified atom stereocenters. The predicted octanol–water partition coefficient (Wildman–Crippen LogP) is 1.84. The van der Waals surface area contributed by atoms with Crippen LogP contribution in [0.25, 0.3) is 0 Å². The van der Waals surface area contributed by atoms with Gasteiger partial charge in [0.15, 0.2) is 12.2 Å². The first-order valence-electron chi connectivity index (χ1n) is 5.28. The number of ether oxygens (including phenoxy) is 2. The molecule has 0 fully saturated rings. The largest absolute Gasteiger partial charge is 0.457 e. The lowest BCUT2D eigenvalue weighted by atomic mass is 9.89. The molecule has 0 aromatic carbocycles. The average Bonchev–Trinajstić information content (AvgIpc) is 2.26. The number of carbonyl (C=O) groups is 2. The molecule has 4 nitrogen and oxygen atoms in total. The lowest BCUT2D eigenvalue weighted by Gasteiger charge is -2.29. The summed E-state index contributed by atoms with van der Waals surface area (Å²) >= 11 is 0. The summed E-state index contributed by atoms with van der Waals surface area (Å²) in [5.74, 6) is -0.731. The SMILES string of the molecule is CC(=O)O[C@H]1C(C)=CC(C)(C)[C@H]1OC(C)=O. The molecule has 0 saturated heterocycles. The topological polar surface area (TPSA) is 52.6 Å². The van der Waals surface area contributed by atoms with Gasteiger partial charge in [0.25, 0.3) is 0 Å². The first-order chi connectivity index (χ1) is 7.24. The molecule has 0 saturated carbocycles. The fourth-order valence-corrected chi connectivity index (χ4v) is 2.11. The summed E-state index contributed by atoms with van der Waals surface area (Å²) in [5, 5.41) is 0. The Kier molecular flexibility index (Phi) is 3.41. The van der Waals surface area contributed by atoms with E-state index in [0.717, 1.165) is 5.57 Å². The van der Waals surface area contributed by atoms with Gasteiger partial charge in [-0.2, -0.15) is 0 Å². The Balaban J connectivity index is 2.91. The molecule has 90 valence electrons. The quantitative estimate of drug-likeness (QED) is 0.532. The summed E-state index contributed by atoms with van der Waals surface area (Å²) in [5.41, 5.74) is 0.613. The predicted molar refractivity (Wildman–Crippen MR) is 58.6 cm³/mol. The fraction of sp³-hybridized carbons (Fsp3) is 0.667. The third-order valence-corrected chi connectivity index (χ3v) is 2.64. The van der Waals surface area contributed by atoms with E-state index in [0.29, 0.717) is 0 Å². The molecule has 16 heavy (non-hydrogen) atoms. The summed E-state index contributed by atoms with van der Waals surface area (Å²) < 4.78 is 10.4. The van der Waals surface area contributed by atoms with Gasteiger partial charge in [-0.1, -0.05) is 19.9 Å². The zero-order valence-corrected chi connectivity index (χ0v) is 10.4. The molecule has 4 heteroatoms. The van der Waals surface area contributed by atoms with Crippen LogP contribution in [0, 0.1) is 5.41 Å². The highest BCUT2D eigenvalue weighted by atomic mass is 16.6. The molecule has 0 N–H and O–H groups in total. The van der Waals surface area contributed by atoms with Crippen LogP contribution in [0.3, 0.4) is 0 Å². The van der Waals surface area contributed by atoms with Crippen molar-refractivity contribution in [1.82, 2.24) is 0 Å². The van der Waals surface area contributed by atoms with Crippen molar-refractivity contribution in [2.45, 2.75) is 46.8 Å². The smallest absolute Gasteiger partial charge is 0.303 e. The van der Waals surface area contributed by atoms with Gasteiger partial charge < -0.3 is 9.47 Å². The van der Waals surface area contributed by atoms with Gasteiger partial charge in [0.05, 0.1) is 0 Å². The summed E-state index contributed by atoms with van der Waals surface area (Å²) in [4.78, 5) is 22.0. The Morgan fingerprint density at radius 3 is 2.12 bits per heavy atom. The highest BCUT2D eigenvalue weighted by Crippen LogP contribution is 2.39. The maximum atomic E-state index is 11.0. The van der Waals surface area contributed by atoms with Crippen molar-refractivity contribution in [2.75, 3.05) is 0 Å². The molecule has 0 aromatic rings. The maximum Gasteiger partial charge on any atom is 0.303 e. The zero-order chi connectivity index (χ0) is 12.5. The van der Waals surface area contributed by atoms with Crippen LogP contribution in [-0.4, -0.2) is 24.1 Å². The molecule has 0 bridgehead atoms. The monoisotopic (exact) mass is 226 g/mol. The highest BCUT2D eigenvalue weighted by Gasteiger charge is 2.45. The molecule has 0 spiro atoms. The third-order valence-electron chi connectivity index (χ3n) is 2.64. The molecule has 0 aromatic heterocycles. The van der Waals surface area contributed by atoms with Gasteiger partial charge >= 0.3 is 11.9 Å². The lowest BCUT2D eigenvalue weighted by Crippen LogP contribution is -2.39. The van der Waals surface area contributed by atoms with E-state index in [1.165, 1.54) is 13.8 Å². The van der Waals surface area contributed by atoms with E-state index >= 15 is 0 Å². The van der Waals surface area contributed by atoms with Gasteiger partial charge in [0.2, 0.25) is 0 Å². The molecular weight excluding hydrogens is 208 g/mol. The van der Waals surface area contributed by atoms with Crippen molar-refractivity contribution in [3.63, 3.8) is 0 Å². The standard InChI is InChI=1S/C12H18O4/c1-7-6-12(4,5)11(16-9(3)14)10(7)15-8(2)13/h6,10-11H,1-5H3/t10-,11-/m0/s1. The Morgan fingerprint density at radius 2 is 1.69 bits per heavy atom. The Hall–Kier alpha value is -1.32. The molecule has 1 aliphatic carbocycles. The van der Waals surface area contributed by atoms with E-state index in [9.17, 15) is 9.59 Å². The Bertz CT molecular complexity index is 341. The molecule has 1 rings (SSSR count). The second-order valence-corrected chi connectivity index (χ2v) is 4.77. The molecule has 0 radical (unpaired) electrons. The maximum absolute atomic E-state index is 11.0. The highest BCUT2D eigenvalue weighted by molar-refractivity contribution is 5.68. The van der Waals surface area contributed by atoms with Crippen LogP contribution in [0.15, 0.2) is 11.6 Å². The molecule has 0 heterocycles. The van der Waals surface area contributed by atoms with Gasteiger partial charge in [0, 0.05) is 19.3 Å². The fourth-order valence-electron chi connectivity index (χ4n) is 2.11. The van der Waals surface area contributed by atoms with Crippen molar-refractivity contribution in [3.05, 3.63) is 11.6 Å². The van der Waals surface area contributed by atoms with Gasteiger partial charge in [0.1, 0.15) is 0 Å².